The van der Waals surface area contributed by atoms with Crippen molar-refractivity contribution in [2.24, 2.45) is 16.7 Å². The fraction of sp³-hybridized carbons (Fsp3) is 0.667. The Balaban J connectivity index is 1.70. The third-order valence-corrected chi connectivity index (χ3v) is 11.5. The van der Waals surface area contributed by atoms with Gasteiger partial charge in [-0.2, -0.15) is 0 Å². The lowest BCUT2D eigenvalue weighted by Crippen LogP contribution is -2.84. The van der Waals surface area contributed by atoms with Crippen molar-refractivity contribution in [1.82, 2.24) is 0 Å². The van der Waals surface area contributed by atoms with E-state index in [4.69, 9.17) is 33.2 Å². The van der Waals surface area contributed by atoms with Gasteiger partial charge in [-0.3, -0.25) is 14.4 Å². The van der Waals surface area contributed by atoms with Crippen LogP contribution in [0, 0.1) is 16.7 Å². The monoisotopic (exact) mass is 670 g/mol. The summed E-state index contributed by atoms with van der Waals surface area (Å²) in [6, 6.07) is 8.39. The highest BCUT2D eigenvalue weighted by molar-refractivity contribution is 5.89. The average Bonchev–Trinajstić information content (AvgIpc) is 2.96. The van der Waals surface area contributed by atoms with Crippen LogP contribution in [0.4, 0.5) is 0 Å². The molecular weight excluding hydrogens is 624 g/mol. The third-order valence-electron chi connectivity index (χ3n) is 11.5. The molecule has 2 aliphatic heterocycles. The van der Waals surface area contributed by atoms with Crippen molar-refractivity contribution >= 4 is 23.9 Å². The molecule has 12 heteroatoms. The van der Waals surface area contributed by atoms with E-state index >= 15 is 0 Å². The molecule has 3 aliphatic carbocycles. The van der Waals surface area contributed by atoms with Crippen LogP contribution in [0.25, 0.3) is 0 Å². The second kappa shape index (κ2) is 11.4. The first kappa shape index (κ1) is 34.5. The summed E-state index contributed by atoms with van der Waals surface area (Å²) in [6.07, 6.45) is -5.71. The highest BCUT2D eigenvalue weighted by Gasteiger charge is 2.80. The Bertz CT molecular complexity index is 1550. The third kappa shape index (κ3) is 5.01. The van der Waals surface area contributed by atoms with E-state index in [1.165, 1.54) is 20.8 Å². The molecule has 2 saturated carbocycles. The van der Waals surface area contributed by atoms with E-state index in [0.717, 1.165) is 0 Å². The van der Waals surface area contributed by atoms with E-state index in [2.05, 4.69) is 0 Å². The molecular formula is C36H46O12. The van der Waals surface area contributed by atoms with E-state index in [-0.39, 0.29) is 25.0 Å². The molecule has 1 aromatic carbocycles. The van der Waals surface area contributed by atoms with Crippen LogP contribution in [0.5, 0.6) is 0 Å². The molecule has 0 aromatic heterocycles. The van der Waals surface area contributed by atoms with Crippen LogP contribution < -0.4 is 0 Å². The molecule has 10 atom stereocenters. The molecule has 262 valence electrons. The largest absolute Gasteiger partial charge is 0.458 e. The molecule has 6 rings (SSSR count). The second-order valence-electron chi connectivity index (χ2n) is 15.1. The van der Waals surface area contributed by atoms with Crippen LogP contribution in [0.2, 0.25) is 0 Å². The zero-order valence-electron chi connectivity index (χ0n) is 29.0. The minimum absolute atomic E-state index is 0.0520. The molecule has 0 unspecified atom stereocenters. The number of aliphatic hydroxyl groups is 1. The summed E-state index contributed by atoms with van der Waals surface area (Å²) < 4.78 is 44.3. The number of benzene rings is 1. The Morgan fingerprint density at radius 3 is 2.06 bits per heavy atom. The van der Waals surface area contributed by atoms with Gasteiger partial charge in [-0.1, -0.05) is 39.0 Å². The summed E-state index contributed by atoms with van der Waals surface area (Å²) in [5.74, 6) is -4.70. The van der Waals surface area contributed by atoms with Gasteiger partial charge in [-0.05, 0) is 44.1 Å². The summed E-state index contributed by atoms with van der Waals surface area (Å²) in [4.78, 5) is 52.5. The fourth-order valence-electron chi connectivity index (χ4n) is 9.46. The van der Waals surface area contributed by atoms with Crippen LogP contribution in [-0.4, -0.2) is 89.2 Å². The zero-order valence-corrected chi connectivity index (χ0v) is 29.0. The van der Waals surface area contributed by atoms with Gasteiger partial charge in [0.05, 0.1) is 24.2 Å². The Morgan fingerprint density at radius 1 is 0.854 bits per heavy atom. The Hall–Kier alpha value is -3.32. The number of esters is 4. The second-order valence-corrected chi connectivity index (χ2v) is 15.1. The first-order valence-electron chi connectivity index (χ1n) is 16.5. The zero-order chi connectivity index (χ0) is 35.2. The van der Waals surface area contributed by atoms with Gasteiger partial charge in [-0.15, -0.1) is 0 Å². The number of carbonyl (C=O) groups is 4. The highest BCUT2D eigenvalue weighted by atomic mass is 16.7. The molecule has 0 amide bonds. The maximum absolute atomic E-state index is 14.1. The quantitative estimate of drug-likeness (QED) is 0.275. The predicted octanol–water partition coefficient (Wildman–Crippen LogP) is 3.81. The number of fused-ring (bicyclic) bond motifs is 4. The molecule has 4 fully saturated rings. The van der Waals surface area contributed by atoms with Crippen LogP contribution in [-0.2, 0) is 47.5 Å². The molecule has 5 aliphatic rings. The van der Waals surface area contributed by atoms with Crippen molar-refractivity contribution in [3.8, 4) is 0 Å². The predicted molar refractivity (Wildman–Crippen MR) is 167 cm³/mol. The highest BCUT2D eigenvalue weighted by Crippen LogP contribution is 2.67. The lowest BCUT2D eigenvalue weighted by atomic mass is 9.44. The summed E-state index contributed by atoms with van der Waals surface area (Å²) in [6.45, 7) is 14.6. The molecule has 0 spiro atoms. The van der Waals surface area contributed by atoms with Gasteiger partial charge >= 0.3 is 23.9 Å². The van der Waals surface area contributed by atoms with Crippen molar-refractivity contribution in [3.05, 3.63) is 47.0 Å². The van der Waals surface area contributed by atoms with E-state index in [1.807, 2.05) is 6.92 Å². The summed E-state index contributed by atoms with van der Waals surface area (Å²) in [5.41, 5.74) is -4.61. The maximum atomic E-state index is 14.1. The van der Waals surface area contributed by atoms with E-state index in [0.29, 0.717) is 11.1 Å². The standard InChI is InChI=1S/C36H46O12/c1-18-23(43-19(2)37)16-36(41)30(45-31(40)22-13-11-10-12-14-22)28-34(9)24(15-25-35(28,17-42-25)46-21(4)39)47-33(7,8)48-29(34)27(44-20(3)38)26(18)32(36,5)6/h10-14,23-25,27-30,41H,15-17H2,1-9H3/t23-,24-,25+,27+,28-,29-,30-,34+,35-,36+/m0/s1. The molecule has 2 heterocycles. The van der Waals surface area contributed by atoms with Crippen molar-refractivity contribution < 1.29 is 57.4 Å². The Morgan fingerprint density at radius 2 is 1.50 bits per heavy atom. The number of rotatable bonds is 5. The molecule has 48 heavy (non-hydrogen) atoms. The van der Waals surface area contributed by atoms with Crippen molar-refractivity contribution in [2.75, 3.05) is 6.61 Å². The first-order valence-corrected chi connectivity index (χ1v) is 16.5. The normalized spacial score (nSPS) is 40.4. The molecule has 0 radical (unpaired) electrons. The van der Waals surface area contributed by atoms with E-state index < -0.39 is 94.2 Å². The smallest absolute Gasteiger partial charge is 0.338 e. The minimum atomic E-state index is -1.99. The maximum Gasteiger partial charge on any atom is 0.338 e. The number of carbonyl (C=O) groups excluding carboxylic acids is 4. The summed E-state index contributed by atoms with van der Waals surface area (Å²) >= 11 is 0. The molecule has 2 saturated heterocycles. The van der Waals surface area contributed by atoms with Crippen molar-refractivity contribution in [2.45, 2.75) is 129 Å². The molecule has 12 nitrogen and oxygen atoms in total. The van der Waals surface area contributed by atoms with Crippen molar-refractivity contribution in [3.63, 3.8) is 0 Å². The summed E-state index contributed by atoms with van der Waals surface area (Å²) in [7, 11) is 0. The van der Waals surface area contributed by atoms with Crippen LogP contribution >= 0.6 is 0 Å². The topological polar surface area (TPSA) is 153 Å². The SMILES string of the molecule is CC(=O)O[C@H]1C[C@@]2(O)[C@@H](OC(=O)c3ccccc3)[C@@H]3[C@]4(OC(C)=O)CO[C@@H]4C[C@@H]4OC(C)(C)O[C@@H]([C@H](OC(C)=O)C(=C1C)C2(C)C)[C@]43C. The van der Waals surface area contributed by atoms with E-state index in [1.54, 1.807) is 65.0 Å². The van der Waals surface area contributed by atoms with Crippen molar-refractivity contribution in [1.29, 1.82) is 0 Å². The minimum Gasteiger partial charge on any atom is -0.458 e. The lowest BCUT2D eigenvalue weighted by molar-refractivity contribution is -0.430. The van der Waals surface area contributed by atoms with Gasteiger partial charge in [-0.25, -0.2) is 4.79 Å². The lowest BCUT2D eigenvalue weighted by Gasteiger charge is -2.71. The van der Waals surface area contributed by atoms with E-state index in [9.17, 15) is 24.3 Å². The average molecular weight is 671 g/mol. The first-order chi connectivity index (χ1) is 22.3. The molecule has 2 bridgehead atoms. The van der Waals surface area contributed by atoms with Gasteiger partial charge in [0.1, 0.15) is 30.0 Å². The molecule has 1 aromatic rings. The van der Waals surface area contributed by atoms with Crippen LogP contribution in [0.15, 0.2) is 41.5 Å². The van der Waals surface area contributed by atoms with Crippen LogP contribution in [0.1, 0.15) is 85.5 Å². The number of hydrogen-bond donors (Lipinski definition) is 1. The van der Waals surface area contributed by atoms with Gasteiger partial charge in [0.2, 0.25) is 0 Å². The van der Waals surface area contributed by atoms with Gasteiger partial charge in [0, 0.05) is 44.4 Å². The number of ether oxygens (including phenoxy) is 7. The fourth-order valence-corrected chi connectivity index (χ4v) is 9.46. The van der Waals surface area contributed by atoms with Crippen LogP contribution in [0.3, 0.4) is 0 Å². The Labute approximate surface area is 280 Å². The molecule has 1 N–H and O–H groups in total. The van der Waals surface area contributed by atoms with Gasteiger partial charge < -0.3 is 38.3 Å². The van der Waals surface area contributed by atoms with Gasteiger partial charge in [0.15, 0.2) is 17.5 Å². The van der Waals surface area contributed by atoms with Gasteiger partial charge in [0.25, 0.3) is 0 Å². The summed E-state index contributed by atoms with van der Waals surface area (Å²) in [5, 5.41) is 13.4. The number of hydrogen-bond acceptors (Lipinski definition) is 12. The Kier molecular flexibility index (Phi) is 8.18.